The number of nitrogens with zero attached hydrogens (tertiary/aromatic N) is 1. The molecule has 0 fully saturated rings. The highest BCUT2D eigenvalue weighted by atomic mass is 28.3. The maximum atomic E-state index is 12.5. The standard InChI is InChI=1S/C20H33NO3Si/c1-6-23-19(18-14-10-8-11-15-18)21(20(22)24-7-2)16-12-9-13-17-25(3,4)5/h8-11,13-15,19H,6-7,12,16-17H2,1-5H3/b13-9-. The van der Waals surface area contributed by atoms with Crippen molar-refractivity contribution in [1.82, 2.24) is 4.90 Å². The third-order valence-corrected chi connectivity index (χ3v) is 5.09. The molecule has 0 N–H and O–H groups in total. The lowest BCUT2D eigenvalue weighted by molar-refractivity contribution is -0.0505. The molecule has 0 heterocycles. The molecular weight excluding hydrogens is 330 g/mol. The van der Waals surface area contributed by atoms with Gasteiger partial charge in [0.25, 0.3) is 0 Å². The largest absolute Gasteiger partial charge is 0.450 e. The molecule has 0 bridgehead atoms. The van der Waals surface area contributed by atoms with Gasteiger partial charge in [0.05, 0.1) is 6.61 Å². The van der Waals surface area contributed by atoms with Gasteiger partial charge < -0.3 is 9.47 Å². The first-order valence-electron chi connectivity index (χ1n) is 9.14. The molecule has 0 aliphatic rings. The van der Waals surface area contributed by atoms with E-state index in [0.29, 0.717) is 19.8 Å². The average Bonchev–Trinajstić information content (AvgIpc) is 2.56. The van der Waals surface area contributed by atoms with Gasteiger partial charge in [-0.3, -0.25) is 4.90 Å². The van der Waals surface area contributed by atoms with Crippen molar-refractivity contribution in [1.29, 1.82) is 0 Å². The molecule has 0 saturated carbocycles. The van der Waals surface area contributed by atoms with Crippen LogP contribution in [0.3, 0.4) is 0 Å². The molecule has 1 rings (SSSR count). The second-order valence-electron chi connectivity index (χ2n) is 7.14. The molecule has 0 aliphatic carbocycles. The van der Waals surface area contributed by atoms with Crippen LogP contribution in [0.1, 0.15) is 32.1 Å². The lowest BCUT2D eigenvalue weighted by Gasteiger charge is -2.30. The molecule has 1 amide bonds. The third kappa shape index (κ3) is 8.36. The van der Waals surface area contributed by atoms with E-state index in [-0.39, 0.29) is 6.09 Å². The molecule has 0 spiro atoms. The van der Waals surface area contributed by atoms with E-state index in [9.17, 15) is 4.79 Å². The maximum Gasteiger partial charge on any atom is 0.412 e. The van der Waals surface area contributed by atoms with E-state index in [4.69, 9.17) is 9.47 Å². The summed E-state index contributed by atoms with van der Waals surface area (Å²) in [5.41, 5.74) is 0.962. The molecule has 4 nitrogen and oxygen atoms in total. The van der Waals surface area contributed by atoms with Crippen LogP contribution in [0.5, 0.6) is 0 Å². The van der Waals surface area contributed by atoms with Crippen LogP contribution in [-0.4, -0.2) is 38.8 Å². The number of benzene rings is 1. The molecular formula is C20H33NO3Si. The lowest BCUT2D eigenvalue weighted by Crippen LogP contribution is -2.37. The van der Waals surface area contributed by atoms with Crippen molar-refractivity contribution < 1.29 is 14.3 Å². The number of hydrogen-bond acceptors (Lipinski definition) is 3. The van der Waals surface area contributed by atoms with E-state index in [0.717, 1.165) is 18.0 Å². The summed E-state index contributed by atoms with van der Waals surface area (Å²) in [7, 11) is -1.07. The summed E-state index contributed by atoms with van der Waals surface area (Å²) >= 11 is 0. The zero-order chi connectivity index (χ0) is 18.7. The van der Waals surface area contributed by atoms with E-state index in [2.05, 4.69) is 31.8 Å². The fourth-order valence-corrected chi connectivity index (χ4v) is 3.29. The molecule has 1 atom stereocenters. The van der Waals surface area contributed by atoms with Gasteiger partial charge in [0, 0.05) is 26.8 Å². The molecule has 25 heavy (non-hydrogen) atoms. The minimum Gasteiger partial charge on any atom is -0.450 e. The SMILES string of the molecule is CCOC(=O)N(CC/C=C\C[Si](C)(C)C)C(OCC)c1ccccc1. The van der Waals surface area contributed by atoms with E-state index >= 15 is 0 Å². The van der Waals surface area contributed by atoms with Gasteiger partial charge in [-0.05, 0) is 26.3 Å². The average molecular weight is 364 g/mol. The molecule has 1 aromatic carbocycles. The first kappa shape index (κ1) is 21.4. The Labute approximate surface area is 153 Å². The van der Waals surface area contributed by atoms with Gasteiger partial charge in [0.1, 0.15) is 0 Å². The highest BCUT2D eigenvalue weighted by Gasteiger charge is 2.26. The van der Waals surface area contributed by atoms with Crippen molar-refractivity contribution in [3.63, 3.8) is 0 Å². The Hall–Kier alpha value is -1.59. The van der Waals surface area contributed by atoms with Gasteiger partial charge >= 0.3 is 6.09 Å². The Bertz CT molecular complexity index is 525. The summed E-state index contributed by atoms with van der Waals surface area (Å²) in [6.45, 7) is 12.3. The van der Waals surface area contributed by atoms with Gasteiger partial charge in [0.2, 0.25) is 0 Å². The topological polar surface area (TPSA) is 38.8 Å². The lowest BCUT2D eigenvalue weighted by atomic mass is 10.2. The molecule has 0 aliphatic heterocycles. The van der Waals surface area contributed by atoms with E-state index in [1.807, 2.05) is 44.2 Å². The summed E-state index contributed by atoms with van der Waals surface area (Å²) in [4.78, 5) is 14.1. The number of carbonyl (C=O) groups excluding carboxylic acids is 1. The van der Waals surface area contributed by atoms with Crippen molar-refractivity contribution in [3.05, 3.63) is 48.0 Å². The van der Waals surface area contributed by atoms with Gasteiger partial charge in [0.15, 0.2) is 6.23 Å². The first-order chi connectivity index (χ1) is 11.9. The second kappa shape index (κ2) is 11.1. The summed E-state index contributed by atoms with van der Waals surface area (Å²) in [6.07, 6.45) is 4.45. The Kier molecular flexibility index (Phi) is 9.53. The Balaban J connectivity index is 2.84. The fourth-order valence-electron chi connectivity index (χ4n) is 2.42. The Morgan fingerprint density at radius 2 is 1.80 bits per heavy atom. The molecule has 140 valence electrons. The minimum absolute atomic E-state index is 0.330. The van der Waals surface area contributed by atoms with Gasteiger partial charge in [-0.1, -0.05) is 62.1 Å². The number of amides is 1. The predicted molar refractivity (Wildman–Crippen MR) is 106 cm³/mol. The van der Waals surface area contributed by atoms with Gasteiger partial charge in [-0.2, -0.15) is 0 Å². The van der Waals surface area contributed by atoms with Crippen LogP contribution >= 0.6 is 0 Å². The van der Waals surface area contributed by atoms with Crippen molar-refractivity contribution in [2.24, 2.45) is 0 Å². The van der Waals surface area contributed by atoms with Crippen LogP contribution in [0, 0.1) is 0 Å². The summed E-state index contributed by atoms with van der Waals surface area (Å²) in [5, 5.41) is 0. The molecule has 1 unspecified atom stereocenters. The van der Waals surface area contributed by atoms with E-state index < -0.39 is 14.3 Å². The fraction of sp³-hybridized carbons (Fsp3) is 0.550. The van der Waals surface area contributed by atoms with Gasteiger partial charge in [-0.25, -0.2) is 4.79 Å². The summed E-state index contributed by atoms with van der Waals surface area (Å²) in [5.74, 6) is 0. The maximum absolute atomic E-state index is 12.5. The molecule has 0 saturated heterocycles. The number of hydrogen-bond donors (Lipinski definition) is 0. The van der Waals surface area contributed by atoms with Crippen LogP contribution in [0.2, 0.25) is 25.7 Å². The van der Waals surface area contributed by atoms with Crippen molar-refractivity contribution >= 4 is 14.2 Å². The molecule has 1 aromatic rings. The smallest absolute Gasteiger partial charge is 0.412 e. The quantitative estimate of drug-likeness (QED) is 0.314. The number of allylic oxidation sites excluding steroid dienone is 1. The normalized spacial score (nSPS) is 13.0. The Morgan fingerprint density at radius 3 is 2.36 bits per heavy atom. The predicted octanol–water partition coefficient (Wildman–Crippen LogP) is 5.46. The zero-order valence-electron chi connectivity index (χ0n) is 16.3. The molecule has 0 radical (unpaired) electrons. The van der Waals surface area contributed by atoms with Crippen LogP contribution in [-0.2, 0) is 9.47 Å². The number of ether oxygens (including phenoxy) is 2. The van der Waals surface area contributed by atoms with Crippen molar-refractivity contribution in [2.45, 2.75) is 52.2 Å². The van der Waals surface area contributed by atoms with Crippen molar-refractivity contribution in [2.75, 3.05) is 19.8 Å². The summed E-state index contributed by atoms with van der Waals surface area (Å²) < 4.78 is 11.1. The zero-order valence-corrected chi connectivity index (χ0v) is 17.3. The summed E-state index contributed by atoms with van der Waals surface area (Å²) in [6, 6.07) is 11.0. The highest BCUT2D eigenvalue weighted by Crippen LogP contribution is 2.23. The Morgan fingerprint density at radius 1 is 1.12 bits per heavy atom. The highest BCUT2D eigenvalue weighted by molar-refractivity contribution is 6.76. The first-order valence-corrected chi connectivity index (χ1v) is 12.8. The minimum atomic E-state index is -1.07. The van der Waals surface area contributed by atoms with E-state index in [1.54, 1.807) is 4.90 Å². The van der Waals surface area contributed by atoms with Crippen LogP contribution in [0.4, 0.5) is 4.79 Å². The van der Waals surface area contributed by atoms with Crippen LogP contribution in [0.15, 0.2) is 42.5 Å². The van der Waals surface area contributed by atoms with Gasteiger partial charge in [-0.15, -0.1) is 0 Å². The monoisotopic (exact) mass is 363 g/mol. The number of carbonyl (C=O) groups is 1. The van der Waals surface area contributed by atoms with Crippen molar-refractivity contribution in [3.8, 4) is 0 Å². The van der Waals surface area contributed by atoms with Crippen LogP contribution < -0.4 is 0 Å². The third-order valence-electron chi connectivity index (χ3n) is 3.63. The molecule has 0 aromatic heterocycles. The second-order valence-corrected chi connectivity index (χ2v) is 12.7. The number of rotatable bonds is 10. The molecule has 5 heteroatoms. The van der Waals surface area contributed by atoms with E-state index in [1.165, 1.54) is 0 Å². The van der Waals surface area contributed by atoms with Crippen LogP contribution in [0.25, 0.3) is 0 Å².